The largest absolute Gasteiger partial charge is 0.338 e. The Labute approximate surface area is 146 Å². The molecule has 2 amide bonds. The summed E-state index contributed by atoms with van der Waals surface area (Å²) in [7, 11) is 0. The third kappa shape index (κ3) is 4.35. The molecule has 0 aromatic carbocycles. The molecule has 2 heterocycles. The molecular weight excluding hydrogens is 322 g/mol. The molecule has 2 aromatic rings. The first kappa shape index (κ1) is 17.0. The van der Waals surface area contributed by atoms with Crippen LogP contribution < -0.4 is 10.6 Å². The summed E-state index contributed by atoms with van der Waals surface area (Å²) in [4.78, 5) is 16.5. The highest BCUT2D eigenvalue weighted by Crippen LogP contribution is 2.18. The maximum absolute atomic E-state index is 11.9. The Bertz CT molecular complexity index is 687. The van der Waals surface area contributed by atoms with Gasteiger partial charge in [0.15, 0.2) is 0 Å². The number of amides is 2. The first-order valence-corrected chi connectivity index (χ1v) is 9.52. The number of aryl methyl sites for hydroxylation is 2. The Hall–Kier alpha value is -1.89. The third-order valence-electron chi connectivity index (χ3n) is 4.34. The van der Waals surface area contributed by atoms with Crippen molar-refractivity contribution >= 4 is 17.4 Å². The van der Waals surface area contributed by atoms with Gasteiger partial charge in [-0.1, -0.05) is 19.3 Å². The standard InChI is InChI=1S/C17H25N5OS/c1-12-10-13(2)22(21-12)17-20-15(11-24-17)8-9-18-16(23)19-14-6-4-3-5-7-14/h10-11,14H,3-9H2,1-2H3,(H2,18,19,23). The molecule has 0 unspecified atom stereocenters. The van der Waals surface area contributed by atoms with E-state index in [1.807, 2.05) is 30.0 Å². The molecule has 0 aliphatic heterocycles. The van der Waals surface area contributed by atoms with E-state index in [0.29, 0.717) is 12.6 Å². The number of rotatable bonds is 5. The van der Waals surface area contributed by atoms with Gasteiger partial charge in [-0.05, 0) is 32.8 Å². The van der Waals surface area contributed by atoms with Gasteiger partial charge in [-0.3, -0.25) is 0 Å². The molecule has 24 heavy (non-hydrogen) atoms. The van der Waals surface area contributed by atoms with Gasteiger partial charge in [0.05, 0.1) is 11.4 Å². The van der Waals surface area contributed by atoms with Crippen LogP contribution in [0.3, 0.4) is 0 Å². The third-order valence-corrected chi connectivity index (χ3v) is 5.20. The van der Waals surface area contributed by atoms with E-state index in [-0.39, 0.29) is 6.03 Å². The van der Waals surface area contributed by atoms with Crippen LogP contribution in [0, 0.1) is 13.8 Å². The van der Waals surface area contributed by atoms with Crippen molar-refractivity contribution in [2.24, 2.45) is 0 Å². The Kier molecular flexibility index (Phi) is 5.50. The number of hydrogen-bond donors (Lipinski definition) is 2. The fraction of sp³-hybridized carbons (Fsp3) is 0.588. The Balaban J connectivity index is 1.45. The van der Waals surface area contributed by atoms with Crippen LogP contribution in [-0.4, -0.2) is 33.4 Å². The van der Waals surface area contributed by atoms with Gasteiger partial charge in [0, 0.05) is 30.1 Å². The number of aromatic nitrogens is 3. The van der Waals surface area contributed by atoms with Gasteiger partial charge in [0.2, 0.25) is 5.13 Å². The second kappa shape index (κ2) is 7.79. The number of nitrogens with one attached hydrogen (secondary N) is 2. The lowest BCUT2D eigenvalue weighted by atomic mass is 9.96. The Morgan fingerprint density at radius 3 is 2.83 bits per heavy atom. The topological polar surface area (TPSA) is 71.8 Å². The maximum atomic E-state index is 11.9. The molecule has 0 saturated heterocycles. The molecule has 3 rings (SSSR count). The molecule has 2 N–H and O–H groups in total. The second-order valence-corrected chi connectivity index (χ2v) is 7.28. The van der Waals surface area contributed by atoms with Crippen LogP contribution in [0.25, 0.3) is 5.13 Å². The lowest BCUT2D eigenvalue weighted by Gasteiger charge is -2.22. The summed E-state index contributed by atoms with van der Waals surface area (Å²) in [6.07, 6.45) is 6.67. The first-order chi connectivity index (χ1) is 11.6. The van der Waals surface area contributed by atoms with E-state index >= 15 is 0 Å². The number of carbonyl (C=O) groups excluding carboxylic acids is 1. The van der Waals surface area contributed by atoms with E-state index in [4.69, 9.17) is 0 Å². The maximum Gasteiger partial charge on any atom is 0.315 e. The first-order valence-electron chi connectivity index (χ1n) is 8.64. The number of carbonyl (C=O) groups is 1. The summed E-state index contributed by atoms with van der Waals surface area (Å²) in [6, 6.07) is 2.32. The minimum absolute atomic E-state index is 0.0594. The van der Waals surface area contributed by atoms with E-state index in [1.54, 1.807) is 11.3 Å². The summed E-state index contributed by atoms with van der Waals surface area (Å²) in [5, 5.41) is 13.4. The van der Waals surface area contributed by atoms with Crippen molar-refractivity contribution in [3.63, 3.8) is 0 Å². The van der Waals surface area contributed by atoms with Crippen molar-refractivity contribution in [1.29, 1.82) is 0 Å². The molecule has 7 heteroatoms. The van der Waals surface area contributed by atoms with E-state index in [2.05, 4.69) is 20.7 Å². The van der Waals surface area contributed by atoms with E-state index in [0.717, 1.165) is 41.5 Å². The zero-order valence-corrected chi connectivity index (χ0v) is 15.2. The summed E-state index contributed by atoms with van der Waals surface area (Å²) in [5.74, 6) is 0. The molecule has 0 spiro atoms. The minimum Gasteiger partial charge on any atom is -0.338 e. The minimum atomic E-state index is -0.0594. The molecule has 130 valence electrons. The quantitative estimate of drug-likeness (QED) is 0.873. The number of hydrogen-bond acceptors (Lipinski definition) is 4. The average molecular weight is 347 g/mol. The summed E-state index contributed by atoms with van der Waals surface area (Å²) < 4.78 is 1.87. The molecule has 1 fully saturated rings. The highest BCUT2D eigenvalue weighted by atomic mass is 32.1. The van der Waals surface area contributed by atoms with Crippen LogP contribution >= 0.6 is 11.3 Å². The highest BCUT2D eigenvalue weighted by molar-refractivity contribution is 7.12. The van der Waals surface area contributed by atoms with Gasteiger partial charge in [0.25, 0.3) is 0 Å². The molecule has 2 aromatic heterocycles. The average Bonchev–Trinajstić information content (AvgIpc) is 3.14. The van der Waals surface area contributed by atoms with Crippen LogP contribution in [0.4, 0.5) is 4.79 Å². The zero-order chi connectivity index (χ0) is 16.9. The summed E-state index contributed by atoms with van der Waals surface area (Å²) in [5.41, 5.74) is 3.06. The van der Waals surface area contributed by atoms with E-state index in [9.17, 15) is 4.79 Å². The molecule has 0 bridgehead atoms. The molecule has 1 aliphatic rings. The Morgan fingerprint density at radius 1 is 1.33 bits per heavy atom. The normalized spacial score (nSPS) is 15.4. The lowest BCUT2D eigenvalue weighted by molar-refractivity contribution is 0.233. The van der Waals surface area contributed by atoms with E-state index < -0.39 is 0 Å². The van der Waals surface area contributed by atoms with E-state index in [1.165, 1.54) is 19.3 Å². The predicted molar refractivity (Wildman–Crippen MR) is 95.8 cm³/mol. The van der Waals surface area contributed by atoms with Crippen molar-refractivity contribution in [2.75, 3.05) is 6.54 Å². The number of urea groups is 1. The lowest BCUT2D eigenvalue weighted by Crippen LogP contribution is -2.43. The van der Waals surface area contributed by atoms with Crippen LogP contribution in [0.5, 0.6) is 0 Å². The van der Waals surface area contributed by atoms with Crippen LogP contribution in [0.1, 0.15) is 49.2 Å². The number of nitrogens with zero attached hydrogens (tertiary/aromatic N) is 3. The van der Waals surface area contributed by atoms with Gasteiger partial charge in [-0.15, -0.1) is 11.3 Å². The van der Waals surface area contributed by atoms with Crippen LogP contribution in [-0.2, 0) is 6.42 Å². The fourth-order valence-electron chi connectivity index (χ4n) is 3.12. The Morgan fingerprint density at radius 2 is 2.12 bits per heavy atom. The van der Waals surface area contributed by atoms with Gasteiger partial charge in [-0.25, -0.2) is 14.5 Å². The smallest absolute Gasteiger partial charge is 0.315 e. The second-order valence-electron chi connectivity index (χ2n) is 6.45. The predicted octanol–water partition coefficient (Wildman–Crippen LogP) is 3.12. The van der Waals surface area contributed by atoms with Crippen molar-refractivity contribution in [3.8, 4) is 5.13 Å². The highest BCUT2D eigenvalue weighted by Gasteiger charge is 2.15. The van der Waals surface area contributed by atoms with Crippen molar-refractivity contribution < 1.29 is 4.79 Å². The molecule has 1 saturated carbocycles. The SMILES string of the molecule is Cc1cc(C)n(-c2nc(CCNC(=O)NC3CCCCC3)cs2)n1. The van der Waals surface area contributed by atoms with Gasteiger partial charge < -0.3 is 10.6 Å². The van der Waals surface area contributed by atoms with Gasteiger partial charge >= 0.3 is 6.03 Å². The van der Waals surface area contributed by atoms with Gasteiger partial charge in [0.1, 0.15) is 0 Å². The molecule has 0 radical (unpaired) electrons. The molecule has 1 aliphatic carbocycles. The number of thiazole rings is 1. The van der Waals surface area contributed by atoms with Crippen LogP contribution in [0.2, 0.25) is 0 Å². The van der Waals surface area contributed by atoms with Crippen molar-refractivity contribution in [1.82, 2.24) is 25.4 Å². The fourth-order valence-corrected chi connectivity index (χ4v) is 3.99. The van der Waals surface area contributed by atoms with Gasteiger partial charge in [-0.2, -0.15) is 5.10 Å². The molecular formula is C17H25N5OS. The molecule has 6 nitrogen and oxygen atoms in total. The monoisotopic (exact) mass is 347 g/mol. The summed E-state index contributed by atoms with van der Waals surface area (Å²) >= 11 is 1.58. The summed E-state index contributed by atoms with van der Waals surface area (Å²) in [6.45, 7) is 4.60. The van der Waals surface area contributed by atoms with Crippen molar-refractivity contribution in [2.45, 2.75) is 58.4 Å². The molecule has 0 atom stereocenters. The van der Waals surface area contributed by atoms with Crippen molar-refractivity contribution in [3.05, 3.63) is 28.5 Å². The zero-order valence-electron chi connectivity index (χ0n) is 14.3. The van der Waals surface area contributed by atoms with Crippen LogP contribution in [0.15, 0.2) is 11.4 Å².